The molecule has 3 unspecified atom stereocenters. The minimum Gasteiger partial charge on any atom is -0.373 e. The molecule has 1 fully saturated rings. The zero-order valence-electron chi connectivity index (χ0n) is 18.0. The second-order valence-electron chi connectivity index (χ2n) is 8.12. The number of hydrogen-bond acceptors (Lipinski definition) is 4. The molecule has 1 heterocycles. The summed E-state index contributed by atoms with van der Waals surface area (Å²) in [6.45, 7) is 6.10. The summed E-state index contributed by atoms with van der Waals surface area (Å²) in [6, 6.07) is 14.4. The van der Waals surface area contributed by atoms with E-state index in [4.69, 9.17) is 16.3 Å². The molecule has 3 atom stereocenters. The predicted octanol–water partition coefficient (Wildman–Crippen LogP) is 3.89. The minimum absolute atomic E-state index is 0.0555. The van der Waals surface area contributed by atoms with E-state index in [2.05, 4.69) is 17.4 Å². The fourth-order valence-corrected chi connectivity index (χ4v) is 5.81. The standard InChI is InChI=1S/C23H29ClN2O4S/c1-16(9-10-19-7-5-4-6-8-19)25-23(27)20-11-12-21(24)22(13-20)31(28,29)26-14-17(2)30-18(3)15-26/h4-8,11-13,16-18H,9-10,14-15H2,1-3H3,(H,25,27). The van der Waals surface area contributed by atoms with Crippen molar-refractivity contribution in [3.8, 4) is 0 Å². The zero-order chi connectivity index (χ0) is 22.6. The van der Waals surface area contributed by atoms with Gasteiger partial charge < -0.3 is 10.1 Å². The molecule has 2 aromatic carbocycles. The average Bonchev–Trinajstić information content (AvgIpc) is 2.72. The summed E-state index contributed by atoms with van der Waals surface area (Å²) < 4.78 is 33.4. The van der Waals surface area contributed by atoms with Crippen LogP contribution in [0.5, 0.6) is 0 Å². The fourth-order valence-electron chi connectivity index (χ4n) is 3.72. The van der Waals surface area contributed by atoms with Crippen molar-refractivity contribution in [1.82, 2.24) is 9.62 Å². The Kier molecular flexibility index (Phi) is 7.75. The Labute approximate surface area is 189 Å². The number of halogens is 1. The lowest BCUT2D eigenvalue weighted by atomic mass is 10.1. The van der Waals surface area contributed by atoms with Crippen LogP contribution in [0.3, 0.4) is 0 Å². The van der Waals surface area contributed by atoms with Crippen molar-refractivity contribution in [2.45, 2.75) is 56.8 Å². The van der Waals surface area contributed by atoms with E-state index in [1.54, 1.807) is 6.07 Å². The molecule has 1 N–H and O–H groups in total. The Balaban J connectivity index is 1.71. The van der Waals surface area contributed by atoms with Gasteiger partial charge in [-0.2, -0.15) is 4.31 Å². The van der Waals surface area contributed by atoms with E-state index in [0.29, 0.717) is 0 Å². The number of carbonyl (C=O) groups excluding carboxylic acids is 1. The summed E-state index contributed by atoms with van der Waals surface area (Å²) in [6.07, 6.45) is 1.19. The van der Waals surface area contributed by atoms with Gasteiger partial charge in [0.1, 0.15) is 4.90 Å². The number of carbonyl (C=O) groups is 1. The van der Waals surface area contributed by atoms with Gasteiger partial charge >= 0.3 is 0 Å². The number of benzene rings is 2. The van der Waals surface area contributed by atoms with Crippen molar-refractivity contribution in [3.63, 3.8) is 0 Å². The van der Waals surface area contributed by atoms with Crippen molar-refractivity contribution in [2.24, 2.45) is 0 Å². The van der Waals surface area contributed by atoms with Gasteiger partial charge in [-0.25, -0.2) is 8.42 Å². The summed E-state index contributed by atoms with van der Waals surface area (Å²) in [5.41, 5.74) is 1.47. The Morgan fingerprint density at radius 1 is 1.16 bits per heavy atom. The smallest absolute Gasteiger partial charge is 0.251 e. The Morgan fingerprint density at radius 2 is 1.81 bits per heavy atom. The molecule has 1 amide bonds. The number of ether oxygens (including phenoxy) is 1. The van der Waals surface area contributed by atoms with Gasteiger partial charge in [0.2, 0.25) is 10.0 Å². The quantitative estimate of drug-likeness (QED) is 0.674. The first kappa shape index (κ1) is 23.7. The van der Waals surface area contributed by atoms with Crippen LogP contribution in [-0.2, 0) is 21.2 Å². The van der Waals surface area contributed by atoms with E-state index in [-0.39, 0.29) is 52.7 Å². The Hall–Kier alpha value is -1.93. The van der Waals surface area contributed by atoms with Gasteiger partial charge in [0.15, 0.2) is 0 Å². The molecule has 6 nitrogen and oxygen atoms in total. The number of nitrogens with one attached hydrogen (secondary N) is 1. The number of nitrogens with zero attached hydrogens (tertiary/aromatic N) is 1. The van der Waals surface area contributed by atoms with E-state index in [0.717, 1.165) is 12.8 Å². The van der Waals surface area contributed by atoms with Crippen molar-refractivity contribution >= 4 is 27.5 Å². The van der Waals surface area contributed by atoms with E-state index in [9.17, 15) is 13.2 Å². The highest BCUT2D eigenvalue weighted by Gasteiger charge is 2.33. The molecule has 31 heavy (non-hydrogen) atoms. The van der Waals surface area contributed by atoms with Crippen LogP contribution < -0.4 is 5.32 Å². The molecular formula is C23H29ClN2O4S. The summed E-state index contributed by atoms with van der Waals surface area (Å²) in [7, 11) is -3.85. The molecule has 0 radical (unpaired) electrons. The van der Waals surface area contributed by atoms with Gasteiger partial charge in [-0.1, -0.05) is 41.9 Å². The highest BCUT2D eigenvalue weighted by molar-refractivity contribution is 7.89. The number of hydrogen-bond donors (Lipinski definition) is 1. The lowest BCUT2D eigenvalue weighted by Crippen LogP contribution is -2.48. The SMILES string of the molecule is CC(CCc1ccccc1)NC(=O)c1ccc(Cl)c(S(=O)(=O)N2CC(C)OC(C)C2)c1. The molecule has 0 aliphatic carbocycles. The van der Waals surface area contributed by atoms with E-state index in [1.165, 1.54) is 22.0 Å². The first-order valence-corrected chi connectivity index (χ1v) is 12.3. The molecule has 3 rings (SSSR count). The van der Waals surface area contributed by atoms with Crippen LogP contribution in [0, 0.1) is 0 Å². The lowest BCUT2D eigenvalue weighted by molar-refractivity contribution is -0.0440. The van der Waals surface area contributed by atoms with Gasteiger partial charge in [-0.3, -0.25) is 4.79 Å². The predicted molar refractivity (Wildman–Crippen MR) is 122 cm³/mol. The van der Waals surface area contributed by atoms with Crippen molar-refractivity contribution in [3.05, 3.63) is 64.7 Å². The van der Waals surface area contributed by atoms with Crippen LogP contribution in [0.25, 0.3) is 0 Å². The van der Waals surface area contributed by atoms with Gasteiger partial charge in [0, 0.05) is 24.7 Å². The average molecular weight is 465 g/mol. The van der Waals surface area contributed by atoms with Crippen LogP contribution >= 0.6 is 11.6 Å². The van der Waals surface area contributed by atoms with Gasteiger partial charge in [-0.15, -0.1) is 0 Å². The molecule has 8 heteroatoms. The number of morpholine rings is 1. The molecular weight excluding hydrogens is 436 g/mol. The molecule has 1 saturated heterocycles. The fraction of sp³-hybridized carbons (Fsp3) is 0.435. The summed E-state index contributed by atoms with van der Waals surface area (Å²) >= 11 is 6.23. The minimum atomic E-state index is -3.85. The normalized spacial score (nSPS) is 20.9. The third kappa shape index (κ3) is 6.07. The molecule has 0 saturated carbocycles. The molecule has 168 valence electrons. The maximum absolute atomic E-state index is 13.2. The van der Waals surface area contributed by atoms with Crippen molar-refractivity contribution in [1.29, 1.82) is 0 Å². The molecule has 0 spiro atoms. The number of rotatable bonds is 7. The summed E-state index contributed by atoms with van der Waals surface area (Å²) in [5, 5.41) is 3.05. The van der Waals surface area contributed by atoms with Crippen LogP contribution in [0.2, 0.25) is 5.02 Å². The van der Waals surface area contributed by atoms with E-state index >= 15 is 0 Å². The molecule has 2 aromatic rings. The number of sulfonamides is 1. The summed E-state index contributed by atoms with van der Waals surface area (Å²) in [5.74, 6) is -0.322. The van der Waals surface area contributed by atoms with E-state index < -0.39 is 10.0 Å². The zero-order valence-corrected chi connectivity index (χ0v) is 19.6. The van der Waals surface area contributed by atoms with Crippen LogP contribution in [-0.4, -0.2) is 50.0 Å². The largest absolute Gasteiger partial charge is 0.373 e. The van der Waals surface area contributed by atoms with Gasteiger partial charge in [0.05, 0.1) is 17.2 Å². The Morgan fingerprint density at radius 3 is 2.45 bits per heavy atom. The topological polar surface area (TPSA) is 75.7 Å². The highest BCUT2D eigenvalue weighted by Crippen LogP contribution is 2.28. The maximum atomic E-state index is 13.2. The Bertz CT molecular complexity index is 1000. The van der Waals surface area contributed by atoms with Gasteiger partial charge in [0.25, 0.3) is 5.91 Å². The van der Waals surface area contributed by atoms with Crippen molar-refractivity contribution < 1.29 is 17.9 Å². The first-order valence-electron chi connectivity index (χ1n) is 10.5. The van der Waals surface area contributed by atoms with Crippen LogP contribution in [0.4, 0.5) is 0 Å². The number of aryl methyl sites for hydroxylation is 1. The lowest BCUT2D eigenvalue weighted by Gasteiger charge is -2.34. The first-order chi connectivity index (χ1) is 14.7. The third-order valence-corrected chi connectivity index (χ3v) is 7.60. The van der Waals surface area contributed by atoms with Crippen LogP contribution in [0.1, 0.15) is 43.1 Å². The van der Waals surface area contributed by atoms with Gasteiger partial charge in [-0.05, 0) is 57.4 Å². The monoisotopic (exact) mass is 464 g/mol. The third-order valence-electron chi connectivity index (χ3n) is 5.28. The summed E-state index contributed by atoms with van der Waals surface area (Å²) in [4.78, 5) is 12.7. The molecule has 0 bridgehead atoms. The highest BCUT2D eigenvalue weighted by atomic mass is 35.5. The second kappa shape index (κ2) is 10.1. The maximum Gasteiger partial charge on any atom is 0.251 e. The number of amides is 1. The van der Waals surface area contributed by atoms with E-state index in [1.807, 2.05) is 39.0 Å². The molecule has 1 aliphatic heterocycles. The second-order valence-corrected chi connectivity index (χ2v) is 10.4. The molecule has 1 aliphatic rings. The van der Waals surface area contributed by atoms with Crippen molar-refractivity contribution in [2.75, 3.05) is 13.1 Å². The molecule has 0 aromatic heterocycles. The van der Waals surface area contributed by atoms with Crippen LogP contribution in [0.15, 0.2) is 53.4 Å².